The van der Waals surface area contributed by atoms with E-state index in [0.29, 0.717) is 17.0 Å². The number of hydrogen-bond donors (Lipinski definition) is 2. The fraction of sp³-hybridized carbons (Fsp3) is 0.200. The van der Waals surface area contributed by atoms with Crippen LogP contribution in [0.2, 0.25) is 0 Å². The van der Waals surface area contributed by atoms with Gasteiger partial charge in [0.05, 0.1) is 18.0 Å². The number of nitrogens with two attached hydrogens (primary N) is 1. The number of aromatic nitrogens is 3. The number of nitrogens with zero attached hydrogens (tertiary/aromatic N) is 3. The lowest BCUT2D eigenvalue weighted by Gasteiger charge is -2.14. The summed E-state index contributed by atoms with van der Waals surface area (Å²) in [7, 11) is 1.53. The molecule has 0 saturated heterocycles. The number of amides is 1. The van der Waals surface area contributed by atoms with E-state index in [-0.39, 0.29) is 16.8 Å². The van der Waals surface area contributed by atoms with Crippen LogP contribution in [-0.2, 0) is 4.79 Å². The van der Waals surface area contributed by atoms with E-state index in [1.807, 2.05) is 30.3 Å². The van der Waals surface area contributed by atoms with Crippen LogP contribution in [0.3, 0.4) is 0 Å². The highest BCUT2D eigenvalue weighted by atomic mass is 32.2. The number of thioether (sulfide) groups is 1. The maximum Gasteiger partial charge on any atom is 0.294 e. The fourth-order valence-electron chi connectivity index (χ4n) is 3.01. The van der Waals surface area contributed by atoms with Gasteiger partial charge in [0.2, 0.25) is 11.1 Å². The average Bonchev–Trinajstić information content (AvgIpc) is 3.10. The van der Waals surface area contributed by atoms with Crippen molar-refractivity contribution in [2.45, 2.75) is 24.3 Å². The summed E-state index contributed by atoms with van der Waals surface area (Å²) in [6.45, 7) is 3.20. The molecule has 0 spiro atoms. The molecule has 0 aliphatic heterocycles. The number of methoxy groups -OCH3 is 1. The molecule has 154 valence electrons. The number of hydrogen-bond acceptors (Lipinski definition) is 8. The molecular weight excluding hydrogens is 406 g/mol. The van der Waals surface area contributed by atoms with Crippen LogP contribution in [0, 0.1) is 6.92 Å². The number of rotatable bonds is 5. The van der Waals surface area contributed by atoms with Gasteiger partial charge < -0.3 is 20.3 Å². The Hall–Kier alpha value is -3.53. The molecule has 1 atom stereocenters. The van der Waals surface area contributed by atoms with Gasteiger partial charge in [-0.15, -0.1) is 10.2 Å². The minimum Gasteiger partial charge on any atom is -0.495 e. The van der Waals surface area contributed by atoms with Crippen molar-refractivity contribution >= 4 is 45.3 Å². The number of carbonyl (C=O) groups is 1. The van der Waals surface area contributed by atoms with Crippen LogP contribution in [-0.4, -0.2) is 33.1 Å². The van der Waals surface area contributed by atoms with Gasteiger partial charge in [0.1, 0.15) is 22.6 Å². The third-order valence-corrected chi connectivity index (χ3v) is 5.68. The highest BCUT2D eigenvalue weighted by Crippen LogP contribution is 2.36. The smallest absolute Gasteiger partial charge is 0.294 e. The molecule has 2 heterocycles. The van der Waals surface area contributed by atoms with Crippen molar-refractivity contribution in [3.8, 4) is 5.75 Å². The van der Waals surface area contributed by atoms with E-state index >= 15 is 0 Å². The molecule has 4 aromatic rings. The molecule has 9 nitrogen and oxygen atoms in total. The predicted molar refractivity (Wildman–Crippen MR) is 115 cm³/mol. The van der Waals surface area contributed by atoms with Crippen LogP contribution in [0.5, 0.6) is 5.75 Å². The average molecular weight is 425 g/mol. The van der Waals surface area contributed by atoms with Gasteiger partial charge in [-0.2, -0.15) is 4.68 Å². The molecule has 0 aliphatic carbocycles. The summed E-state index contributed by atoms with van der Waals surface area (Å²) >= 11 is 1.03. The van der Waals surface area contributed by atoms with Crippen LogP contribution >= 0.6 is 11.8 Å². The van der Waals surface area contributed by atoms with Crippen LogP contribution in [0.25, 0.3) is 21.9 Å². The monoisotopic (exact) mass is 425 g/mol. The zero-order chi connectivity index (χ0) is 21.4. The number of fused-ring (bicyclic) bond motifs is 3. The Morgan fingerprint density at radius 2 is 2.00 bits per heavy atom. The van der Waals surface area contributed by atoms with Gasteiger partial charge >= 0.3 is 0 Å². The number of carbonyl (C=O) groups excluding carboxylic acids is 1. The van der Waals surface area contributed by atoms with Gasteiger partial charge in [0.15, 0.2) is 0 Å². The molecule has 10 heteroatoms. The topological polar surface area (TPSA) is 125 Å². The fourth-order valence-corrected chi connectivity index (χ4v) is 3.78. The molecule has 2 aromatic carbocycles. The van der Waals surface area contributed by atoms with Gasteiger partial charge in [-0.25, -0.2) is 0 Å². The van der Waals surface area contributed by atoms with E-state index in [0.717, 1.165) is 32.8 Å². The van der Waals surface area contributed by atoms with Crippen LogP contribution in [0.4, 0.5) is 5.69 Å². The second kappa shape index (κ2) is 7.71. The summed E-state index contributed by atoms with van der Waals surface area (Å²) in [5.41, 5.74) is 1.58. The highest BCUT2D eigenvalue weighted by molar-refractivity contribution is 8.00. The molecular formula is C20H19N5O4S. The molecule has 3 N–H and O–H groups in total. The number of aryl methyl sites for hydroxylation is 1. The Kier molecular flexibility index (Phi) is 5.08. The first kappa shape index (κ1) is 19.8. The summed E-state index contributed by atoms with van der Waals surface area (Å²) in [5.74, 6) is 5.93. The molecule has 2 aromatic heterocycles. The van der Waals surface area contributed by atoms with Crippen molar-refractivity contribution in [1.29, 1.82) is 0 Å². The number of para-hydroxylation sites is 1. The van der Waals surface area contributed by atoms with Gasteiger partial charge in [0, 0.05) is 16.8 Å². The third kappa shape index (κ3) is 3.45. The van der Waals surface area contributed by atoms with E-state index in [1.54, 1.807) is 13.0 Å². The molecule has 30 heavy (non-hydrogen) atoms. The lowest BCUT2D eigenvalue weighted by Crippen LogP contribution is -2.33. The normalized spacial score (nSPS) is 12.2. The van der Waals surface area contributed by atoms with Crippen molar-refractivity contribution in [2.24, 2.45) is 0 Å². The second-order valence-electron chi connectivity index (χ2n) is 6.64. The Morgan fingerprint density at radius 1 is 1.23 bits per heavy atom. The Morgan fingerprint density at radius 3 is 2.77 bits per heavy atom. The minimum atomic E-state index is -0.604. The summed E-state index contributed by atoms with van der Waals surface area (Å²) < 4.78 is 12.2. The zero-order valence-corrected chi connectivity index (χ0v) is 17.3. The Labute approximate surface area is 175 Å². The van der Waals surface area contributed by atoms with E-state index in [4.69, 9.17) is 15.0 Å². The maximum atomic E-state index is 12.8. The largest absolute Gasteiger partial charge is 0.495 e. The van der Waals surface area contributed by atoms with E-state index in [2.05, 4.69) is 15.5 Å². The first-order valence-corrected chi connectivity index (χ1v) is 9.95. The molecule has 0 bridgehead atoms. The minimum absolute atomic E-state index is 0.146. The standard InChI is InChI=1S/C20H19N5O4S/c1-10-19(27)25(21)20(24-23-10)30-11(2)18(26)22-14-9-16-13(8-17(14)28-3)12-6-4-5-7-15(12)29-16/h4-9,11H,21H2,1-3H3,(H,22,26). The molecule has 0 aliphatic rings. The third-order valence-electron chi connectivity index (χ3n) is 4.63. The summed E-state index contributed by atoms with van der Waals surface area (Å²) in [5, 5.41) is 11.9. The number of nitrogen functional groups attached to an aromatic ring is 1. The molecule has 1 amide bonds. The van der Waals surface area contributed by atoms with Crippen molar-refractivity contribution < 1.29 is 13.9 Å². The first-order chi connectivity index (χ1) is 14.4. The lowest BCUT2D eigenvalue weighted by molar-refractivity contribution is -0.115. The van der Waals surface area contributed by atoms with Crippen LogP contribution < -0.4 is 21.5 Å². The van der Waals surface area contributed by atoms with Crippen LogP contribution in [0.1, 0.15) is 12.6 Å². The number of benzene rings is 2. The van der Waals surface area contributed by atoms with Gasteiger partial charge in [-0.1, -0.05) is 30.0 Å². The van der Waals surface area contributed by atoms with Crippen molar-refractivity contribution in [2.75, 3.05) is 18.3 Å². The number of nitrogens with one attached hydrogen (secondary N) is 1. The van der Waals surface area contributed by atoms with Gasteiger partial charge in [-0.3, -0.25) is 9.59 Å². The molecule has 4 rings (SSSR count). The lowest BCUT2D eigenvalue weighted by atomic mass is 10.1. The maximum absolute atomic E-state index is 12.8. The van der Waals surface area contributed by atoms with E-state index < -0.39 is 10.8 Å². The second-order valence-corrected chi connectivity index (χ2v) is 7.95. The molecule has 0 fully saturated rings. The first-order valence-electron chi connectivity index (χ1n) is 9.07. The number of furan rings is 1. The summed E-state index contributed by atoms with van der Waals surface area (Å²) in [6.07, 6.45) is 0. The summed E-state index contributed by atoms with van der Waals surface area (Å²) in [6, 6.07) is 11.2. The van der Waals surface area contributed by atoms with Crippen molar-refractivity contribution in [3.05, 3.63) is 52.4 Å². The van der Waals surface area contributed by atoms with E-state index in [9.17, 15) is 9.59 Å². The van der Waals surface area contributed by atoms with Crippen molar-refractivity contribution in [3.63, 3.8) is 0 Å². The Bertz CT molecular complexity index is 1330. The SMILES string of the molecule is COc1cc2c(cc1NC(=O)C(C)Sc1nnc(C)c(=O)n1N)oc1ccccc12. The predicted octanol–water partition coefficient (Wildman–Crippen LogP) is 2.69. The van der Waals surface area contributed by atoms with Crippen LogP contribution in [0.15, 0.2) is 50.8 Å². The van der Waals surface area contributed by atoms with E-state index in [1.165, 1.54) is 14.0 Å². The quantitative estimate of drug-likeness (QED) is 0.369. The van der Waals surface area contributed by atoms with Gasteiger partial charge in [-0.05, 0) is 26.0 Å². The molecule has 1 unspecified atom stereocenters. The highest BCUT2D eigenvalue weighted by Gasteiger charge is 2.21. The molecule has 0 radical (unpaired) electrons. The zero-order valence-electron chi connectivity index (χ0n) is 16.5. The van der Waals surface area contributed by atoms with Crippen molar-refractivity contribution in [1.82, 2.24) is 14.9 Å². The number of ether oxygens (including phenoxy) is 1. The Balaban J connectivity index is 1.61. The molecule has 0 saturated carbocycles. The number of anilines is 1. The summed E-state index contributed by atoms with van der Waals surface area (Å²) in [4.78, 5) is 24.7. The van der Waals surface area contributed by atoms with Gasteiger partial charge in [0.25, 0.3) is 5.56 Å².